The molecule has 0 aliphatic rings. The Morgan fingerprint density at radius 3 is 2.77 bits per heavy atom. The topological polar surface area (TPSA) is 49.2 Å². The Morgan fingerprint density at radius 1 is 1.18 bits per heavy atom. The molecule has 3 rings (SSSR count). The van der Waals surface area contributed by atoms with E-state index < -0.39 is 0 Å². The molecule has 0 saturated carbocycles. The van der Waals surface area contributed by atoms with Gasteiger partial charge in [0.2, 0.25) is 5.88 Å². The van der Waals surface area contributed by atoms with Crippen molar-refractivity contribution in [3.63, 3.8) is 0 Å². The van der Waals surface area contributed by atoms with Crippen molar-refractivity contribution in [1.29, 1.82) is 0 Å². The number of halogens is 2. The van der Waals surface area contributed by atoms with E-state index in [0.29, 0.717) is 23.3 Å². The number of nitrogens with zero attached hydrogens (tertiary/aromatic N) is 3. The molecule has 1 N–H and O–H groups in total. The number of rotatable bonds is 3. The van der Waals surface area contributed by atoms with Crippen LogP contribution in [0.4, 0.5) is 10.1 Å². The zero-order valence-electron chi connectivity index (χ0n) is 11.8. The second-order valence-electron chi connectivity index (χ2n) is 4.96. The lowest BCUT2D eigenvalue weighted by atomic mass is 10.2. The van der Waals surface area contributed by atoms with Gasteiger partial charge >= 0.3 is 0 Å². The Labute approximate surface area is 135 Å². The van der Waals surface area contributed by atoms with Gasteiger partial charge in [-0.3, -0.25) is 0 Å². The van der Waals surface area contributed by atoms with Crippen LogP contribution in [0.1, 0.15) is 5.82 Å². The van der Waals surface area contributed by atoms with Crippen LogP contribution >= 0.6 is 15.9 Å². The molecule has 1 aromatic heterocycles. The monoisotopic (exact) mass is 361 g/mol. The first kappa shape index (κ1) is 14.7. The van der Waals surface area contributed by atoms with Crippen LogP contribution in [0.15, 0.2) is 46.9 Å². The standard InChI is InChI=1S/C16H13BrFN3O/c1-21(12-4-2-3-11(18)8-12)9-15-19-14-7-10(17)5-6-13(14)16(22)20-15/h2-8H,9H2,1H3,(H,19,20,22). The van der Waals surface area contributed by atoms with E-state index in [-0.39, 0.29) is 11.7 Å². The lowest BCUT2D eigenvalue weighted by molar-refractivity contribution is 0.456. The number of hydrogen-bond acceptors (Lipinski definition) is 4. The summed E-state index contributed by atoms with van der Waals surface area (Å²) in [6, 6.07) is 11.7. The average Bonchev–Trinajstić information content (AvgIpc) is 2.46. The highest BCUT2D eigenvalue weighted by Gasteiger charge is 2.10. The second kappa shape index (κ2) is 5.88. The summed E-state index contributed by atoms with van der Waals surface area (Å²) in [5, 5.41) is 10.6. The van der Waals surface area contributed by atoms with E-state index in [9.17, 15) is 9.50 Å². The van der Waals surface area contributed by atoms with Gasteiger partial charge in [0.15, 0.2) is 5.82 Å². The number of hydrogen-bond donors (Lipinski definition) is 1. The summed E-state index contributed by atoms with van der Waals surface area (Å²) in [6.07, 6.45) is 0. The van der Waals surface area contributed by atoms with Crippen molar-refractivity contribution in [3.8, 4) is 5.88 Å². The minimum Gasteiger partial charge on any atom is -0.493 e. The molecule has 0 radical (unpaired) electrons. The molecule has 0 amide bonds. The zero-order chi connectivity index (χ0) is 15.7. The van der Waals surface area contributed by atoms with Gasteiger partial charge in [0.25, 0.3) is 0 Å². The van der Waals surface area contributed by atoms with E-state index in [1.807, 2.05) is 24.1 Å². The molecule has 4 nitrogen and oxygen atoms in total. The minimum atomic E-state index is -0.296. The quantitative estimate of drug-likeness (QED) is 0.769. The fourth-order valence-corrected chi connectivity index (χ4v) is 2.57. The maximum atomic E-state index is 13.3. The molecule has 0 unspecified atom stereocenters. The summed E-state index contributed by atoms with van der Waals surface area (Å²) in [6.45, 7) is 0.361. The predicted molar refractivity (Wildman–Crippen MR) is 87.4 cm³/mol. The maximum Gasteiger partial charge on any atom is 0.222 e. The summed E-state index contributed by atoms with van der Waals surface area (Å²) in [5.41, 5.74) is 1.38. The molecule has 1 heterocycles. The fraction of sp³-hybridized carbons (Fsp3) is 0.125. The Bertz CT molecular complexity index is 841. The first-order valence-electron chi connectivity index (χ1n) is 6.65. The van der Waals surface area contributed by atoms with Gasteiger partial charge in [-0.2, -0.15) is 4.98 Å². The van der Waals surface area contributed by atoms with Crippen LogP contribution < -0.4 is 4.90 Å². The lowest BCUT2D eigenvalue weighted by Crippen LogP contribution is -2.18. The first-order chi connectivity index (χ1) is 10.5. The van der Waals surface area contributed by atoms with E-state index >= 15 is 0 Å². The Kier molecular flexibility index (Phi) is 3.94. The lowest BCUT2D eigenvalue weighted by Gasteiger charge is -2.18. The van der Waals surface area contributed by atoms with E-state index in [2.05, 4.69) is 25.9 Å². The molecule has 0 spiro atoms. The average molecular weight is 362 g/mol. The molecule has 0 aliphatic heterocycles. The van der Waals surface area contributed by atoms with Crippen molar-refractivity contribution in [2.45, 2.75) is 6.54 Å². The first-order valence-corrected chi connectivity index (χ1v) is 7.44. The molecule has 0 atom stereocenters. The molecule has 2 aromatic carbocycles. The highest BCUT2D eigenvalue weighted by molar-refractivity contribution is 9.10. The molecule has 0 aliphatic carbocycles. The van der Waals surface area contributed by atoms with Gasteiger partial charge in [-0.05, 0) is 36.4 Å². The van der Waals surface area contributed by atoms with Crippen molar-refractivity contribution in [2.75, 3.05) is 11.9 Å². The van der Waals surface area contributed by atoms with Gasteiger partial charge in [0.05, 0.1) is 17.4 Å². The van der Waals surface area contributed by atoms with Gasteiger partial charge in [-0.15, -0.1) is 0 Å². The zero-order valence-corrected chi connectivity index (χ0v) is 13.4. The van der Waals surface area contributed by atoms with Crippen LogP contribution in [0.5, 0.6) is 5.88 Å². The number of anilines is 1. The van der Waals surface area contributed by atoms with E-state index in [0.717, 1.165) is 10.2 Å². The summed E-state index contributed by atoms with van der Waals surface area (Å²) in [7, 11) is 1.82. The van der Waals surface area contributed by atoms with Crippen molar-refractivity contribution in [2.24, 2.45) is 0 Å². The molecule has 3 aromatic rings. The number of aromatic nitrogens is 2. The predicted octanol–water partition coefficient (Wildman–Crippen LogP) is 3.87. The van der Waals surface area contributed by atoms with E-state index in [1.54, 1.807) is 18.2 Å². The maximum absolute atomic E-state index is 13.3. The third-order valence-corrected chi connectivity index (χ3v) is 3.81. The summed E-state index contributed by atoms with van der Waals surface area (Å²) < 4.78 is 14.2. The molecule has 112 valence electrons. The molecule has 0 bridgehead atoms. The second-order valence-corrected chi connectivity index (χ2v) is 5.88. The number of benzene rings is 2. The van der Waals surface area contributed by atoms with Crippen LogP contribution in [0, 0.1) is 5.82 Å². The third-order valence-electron chi connectivity index (χ3n) is 3.31. The highest BCUT2D eigenvalue weighted by atomic mass is 79.9. The van der Waals surface area contributed by atoms with Crippen LogP contribution in [0.25, 0.3) is 10.9 Å². The van der Waals surface area contributed by atoms with Crippen molar-refractivity contribution in [3.05, 3.63) is 58.6 Å². The molecular weight excluding hydrogens is 349 g/mol. The largest absolute Gasteiger partial charge is 0.493 e. The van der Waals surface area contributed by atoms with Crippen LogP contribution in [0.2, 0.25) is 0 Å². The highest BCUT2D eigenvalue weighted by Crippen LogP contribution is 2.25. The molecule has 6 heteroatoms. The van der Waals surface area contributed by atoms with E-state index in [4.69, 9.17) is 0 Å². The van der Waals surface area contributed by atoms with Crippen molar-refractivity contribution < 1.29 is 9.50 Å². The molecule has 0 fully saturated rings. The van der Waals surface area contributed by atoms with E-state index in [1.165, 1.54) is 12.1 Å². The Morgan fingerprint density at radius 2 is 2.00 bits per heavy atom. The van der Waals surface area contributed by atoms with Crippen LogP contribution in [-0.4, -0.2) is 22.1 Å². The Hall–Kier alpha value is -2.21. The summed E-state index contributed by atoms with van der Waals surface area (Å²) in [4.78, 5) is 10.4. The fourth-order valence-electron chi connectivity index (χ4n) is 2.22. The van der Waals surface area contributed by atoms with Crippen molar-refractivity contribution >= 4 is 32.5 Å². The minimum absolute atomic E-state index is 0.0554. The number of fused-ring (bicyclic) bond motifs is 1. The van der Waals surface area contributed by atoms with Crippen molar-refractivity contribution in [1.82, 2.24) is 9.97 Å². The third kappa shape index (κ3) is 3.01. The van der Waals surface area contributed by atoms with Crippen LogP contribution in [-0.2, 0) is 6.54 Å². The van der Waals surface area contributed by atoms with Gasteiger partial charge < -0.3 is 10.0 Å². The van der Waals surface area contributed by atoms with Gasteiger partial charge in [0, 0.05) is 17.2 Å². The molecule has 22 heavy (non-hydrogen) atoms. The SMILES string of the molecule is CN(Cc1nc(O)c2ccc(Br)cc2n1)c1cccc(F)c1. The molecule has 0 saturated heterocycles. The summed E-state index contributed by atoms with van der Waals surface area (Å²) in [5.74, 6) is 0.116. The van der Waals surface area contributed by atoms with Gasteiger partial charge in [-0.25, -0.2) is 9.37 Å². The Balaban J connectivity index is 1.93. The normalized spacial score (nSPS) is 10.9. The van der Waals surface area contributed by atoms with Gasteiger partial charge in [-0.1, -0.05) is 22.0 Å². The smallest absolute Gasteiger partial charge is 0.222 e. The summed E-state index contributed by atoms with van der Waals surface area (Å²) >= 11 is 3.38. The molecular formula is C16H13BrFN3O. The van der Waals surface area contributed by atoms with Gasteiger partial charge in [0.1, 0.15) is 5.82 Å². The number of aromatic hydroxyl groups is 1. The van der Waals surface area contributed by atoms with Crippen LogP contribution in [0.3, 0.4) is 0 Å².